The Morgan fingerprint density at radius 2 is 1.81 bits per heavy atom. The number of hydrogen-bond acceptors (Lipinski definition) is 3. The molecule has 0 fully saturated rings. The maximum atomic E-state index is 6.23. The quantitative estimate of drug-likeness (QED) is 0.513. The Hall–Kier alpha value is -1.88. The summed E-state index contributed by atoms with van der Waals surface area (Å²) in [7, 11) is 2.00. The van der Waals surface area contributed by atoms with Crippen LogP contribution in [0.4, 0.5) is 5.69 Å². The fourth-order valence-electron chi connectivity index (χ4n) is 3.12. The van der Waals surface area contributed by atoms with Crippen LogP contribution in [0.25, 0.3) is 0 Å². The maximum Gasteiger partial charge on any atom is 0.228 e. The van der Waals surface area contributed by atoms with Crippen LogP contribution in [0.1, 0.15) is 34.9 Å². The molecule has 4 nitrogen and oxygen atoms in total. The van der Waals surface area contributed by atoms with E-state index in [1.807, 2.05) is 31.3 Å². The predicted molar refractivity (Wildman–Crippen MR) is 111 cm³/mol. The van der Waals surface area contributed by atoms with E-state index in [4.69, 9.17) is 4.74 Å². The van der Waals surface area contributed by atoms with E-state index in [1.165, 1.54) is 22.3 Å². The largest absolute Gasteiger partial charge is 0.473 e. The van der Waals surface area contributed by atoms with Crippen molar-refractivity contribution in [2.24, 2.45) is 4.99 Å². The molecule has 0 unspecified atom stereocenters. The number of hydrogen-bond donors (Lipinski definition) is 0. The monoisotopic (exact) mass is 415 g/mol. The normalized spacial score (nSPS) is 14.1. The predicted octanol–water partition coefficient (Wildman–Crippen LogP) is 4.93. The summed E-state index contributed by atoms with van der Waals surface area (Å²) in [4.78, 5) is 11.2. The lowest BCUT2D eigenvalue weighted by Crippen LogP contribution is -2.17. The third-order valence-corrected chi connectivity index (χ3v) is 5.56. The van der Waals surface area contributed by atoms with Crippen LogP contribution >= 0.6 is 15.9 Å². The number of benzene rings is 1. The number of nitrogens with zero attached hydrogens (tertiary/aromatic N) is 3. The van der Waals surface area contributed by atoms with Gasteiger partial charge in [-0.05, 0) is 71.9 Å². The van der Waals surface area contributed by atoms with Crippen LogP contribution in [0.3, 0.4) is 0 Å². The molecule has 1 heterocycles. The molecule has 138 valence electrons. The van der Waals surface area contributed by atoms with Crippen molar-refractivity contribution >= 4 is 28.0 Å². The minimum Gasteiger partial charge on any atom is -0.473 e. The van der Waals surface area contributed by atoms with Crippen LogP contribution < -0.4 is 4.74 Å². The standard InChI is InChI=1S/C21H26BrN3O/c1-6-25(5)12-23-20-11-19(22)21(24-15(20)4)26-18-9-16-7-13(2)14(3)8-17(16)10-18/h7-8,11-12,18H,6,9-10H2,1-5H3/b23-12+. The SMILES string of the molecule is CCN(C)/C=N/c1cc(Br)c(OC2Cc3cc(C)c(C)cc3C2)nc1C. The van der Waals surface area contributed by atoms with E-state index in [-0.39, 0.29) is 6.10 Å². The summed E-state index contributed by atoms with van der Waals surface area (Å²) < 4.78 is 7.08. The summed E-state index contributed by atoms with van der Waals surface area (Å²) in [5.74, 6) is 0.650. The molecule has 5 heteroatoms. The van der Waals surface area contributed by atoms with Crippen molar-refractivity contribution < 1.29 is 4.74 Å². The first-order chi connectivity index (χ1) is 12.4. The van der Waals surface area contributed by atoms with Gasteiger partial charge in [-0.1, -0.05) is 12.1 Å². The van der Waals surface area contributed by atoms with Crippen LogP contribution in [-0.4, -0.2) is 35.9 Å². The van der Waals surface area contributed by atoms with Gasteiger partial charge in [0.15, 0.2) is 0 Å². The van der Waals surface area contributed by atoms with Crippen molar-refractivity contribution in [1.29, 1.82) is 0 Å². The molecule has 3 rings (SSSR count). The zero-order valence-corrected chi connectivity index (χ0v) is 17.7. The van der Waals surface area contributed by atoms with Crippen LogP contribution in [0, 0.1) is 20.8 Å². The third-order valence-electron chi connectivity index (χ3n) is 4.99. The molecule has 0 radical (unpaired) electrons. The van der Waals surface area contributed by atoms with Gasteiger partial charge in [-0.3, -0.25) is 0 Å². The highest BCUT2D eigenvalue weighted by Gasteiger charge is 2.25. The highest BCUT2D eigenvalue weighted by molar-refractivity contribution is 9.10. The van der Waals surface area contributed by atoms with Crippen LogP contribution in [0.5, 0.6) is 5.88 Å². The first-order valence-electron chi connectivity index (χ1n) is 9.04. The average molecular weight is 416 g/mol. The molecule has 1 aromatic carbocycles. The highest BCUT2D eigenvalue weighted by atomic mass is 79.9. The Bertz CT molecular complexity index is 817. The molecular formula is C21H26BrN3O. The fraction of sp³-hybridized carbons (Fsp3) is 0.429. The lowest BCUT2D eigenvalue weighted by atomic mass is 10.0. The van der Waals surface area contributed by atoms with E-state index in [0.29, 0.717) is 5.88 Å². The second kappa shape index (κ2) is 7.78. The van der Waals surface area contributed by atoms with Crippen molar-refractivity contribution in [3.63, 3.8) is 0 Å². The van der Waals surface area contributed by atoms with E-state index >= 15 is 0 Å². The molecule has 0 aliphatic heterocycles. The second-order valence-corrected chi connectivity index (χ2v) is 7.91. The Kier molecular flexibility index (Phi) is 5.66. The molecule has 26 heavy (non-hydrogen) atoms. The summed E-state index contributed by atoms with van der Waals surface area (Å²) >= 11 is 3.60. The van der Waals surface area contributed by atoms with Crippen molar-refractivity contribution in [2.75, 3.05) is 13.6 Å². The van der Waals surface area contributed by atoms with Gasteiger partial charge in [-0.2, -0.15) is 0 Å². The molecule has 0 atom stereocenters. The van der Waals surface area contributed by atoms with Gasteiger partial charge in [-0.15, -0.1) is 0 Å². The lowest BCUT2D eigenvalue weighted by molar-refractivity contribution is 0.203. The van der Waals surface area contributed by atoms with Gasteiger partial charge in [-0.25, -0.2) is 9.98 Å². The molecular weight excluding hydrogens is 390 g/mol. The summed E-state index contributed by atoms with van der Waals surface area (Å²) in [6.07, 6.45) is 3.83. The molecule has 0 saturated carbocycles. The van der Waals surface area contributed by atoms with Crippen molar-refractivity contribution in [1.82, 2.24) is 9.88 Å². The van der Waals surface area contributed by atoms with Crippen molar-refractivity contribution in [3.05, 3.63) is 50.6 Å². The first-order valence-corrected chi connectivity index (χ1v) is 9.84. The lowest BCUT2D eigenvalue weighted by Gasteiger charge is -2.15. The molecule has 2 aromatic rings. The number of rotatable bonds is 5. The zero-order valence-electron chi connectivity index (χ0n) is 16.1. The van der Waals surface area contributed by atoms with Crippen LogP contribution in [-0.2, 0) is 12.8 Å². The summed E-state index contributed by atoms with van der Waals surface area (Å²) in [5, 5.41) is 0. The van der Waals surface area contributed by atoms with Gasteiger partial charge in [0, 0.05) is 26.4 Å². The molecule has 1 aliphatic rings. The Labute approximate surface area is 164 Å². The van der Waals surface area contributed by atoms with Crippen molar-refractivity contribution in [3.8, 4) is 5.88 Å². The second-order valence-electron chi connectivity index (χ2n) is 7.05. The summed E-state index contributed by atoms with van der Waals surface area (Å²) in [6, 6.07) is 6.57. The van der Waals surface area contributed by atoms with E-state index in [2.05, 4.69) is 58.8 Å². The molecule has 0 bridgehead atoms. The van der Waals surface area contributed by atoms with Gasteiger partial charge in [0.1, 0.15) is 6.10 Å². The number of halogens is 1. The van der Waals surface area contributed by atoms with Crippen LogP contribution in [0.2, 0.25) is 0 Å². The zero-order chi connectivity index (χ0) is 18.8. The number of pyridine rings is 1. The van der Waals surface area contributed by atoms with Gasteiger partial charge in [0.05, 0.1) is 22.2 Å². The van der Waals surface area contributed by atoms with Gasteiger partial charge in [0.25, 0.3) is 0 Å². The van der Waals surface area contributed by atoms with Gasteiger partial charge < -0.3 is 9.64 Å². The number of aliphatic imine (C=N–C) groups is 1. The molecule has 0 spiro atoms. The average Bonchev–Trinajstić information content (AvgIpc) is 2.97. The first kappa shape index (κ1) is 18.9. The molecule has 0 saturated heterocycles. The topological polar surface area (TPSA) is 37.7 Å². The molecule has 0 N–H and O–H groups in total. The van der Waals surface area contributed by atoms with E-state index < -0.39 is 0 Å². The van der Waals surface area contributed by atoms with Gasteiger partial charge >= 0.3 is 0 Å². The number of ether oxygens (including phenoxy) is 1. The number of aryl methyl sites for hydroxylation is 3. The van der Waals surface area contributed by atoms with E-state index in [1.54, 1.807) is 0 Å². The van der Waals surface area contributed by atoms with E-state index in [9.17, 15) is 0 Å². The Morgan fingerprint density at radius 3 is 2.38 bits per heavy atom. The molecule has 1 aliphatic carbocycles. The number of fused-ring (bicyclic) bond motifs is 1. The smallest absolute Gasteiger partial charge is 0.228 e. The summed E-state index contributed by atoms with van der Waals surface area (Å²) in [6.45, 7) is 9.31. The Morgan fingerprint density at radius 1 is 1.19 bits per heavy atom. The van der Waals surface area contributed by atoms with E-state index in [0.717, 1.165) is 35.2 Å². The third kappa shape index (κ3) is 4.09. The minimum atomic E-state index is 0.134. The summed E-state index contributed by atoms with van der Waals surface area (Å²) in [5.41, 5.74) is 7.21. The highest BCUT2D eigenvalue weighted by Crippen LogP contribution is 2.33. The van der Waals surface area contributed by atoms with Crippen molar-refractivity contribution in [2.45, 2.75) is 46.6 Å². The van der Waals surface area contributed by atoms with Gasteiger partial charge in [0.2, 0.25) is 5.88 Å². The molecule has 1 aromatic heterocycles. The molecule has 0 amide bonds. The maximum absolute atomic E-state index is 6.23. The fourth-order valence-corrected chi connectivity index (χ4v) is 3.52. The number of aromatic nitrogens is 1. The van der Waals surface area contributed by atoms with Crippen LogP contribution in [0.15, 0.2) is 27.7 Å². The minimum absolute atomic E-state index is 0.134. The Balaban J connectivity index is 1.75.